The molecule has 0 fully saturated rings. The van der Waals surface area contributed by atoms with Gasteiger partial charge < -0.3 is 11.2 Å². The number of hydrogen-bond acceptors (Lipinski definition) is 6. The SMILES string of the molecule is N#Cc1cccc(NC(=O)CSc2nnc(Cc3cccc4ccccc34)n2N)c1. The van der Waals surface area contributed by atoms with Crippen LogP contribution in [0.2, 0.25) is 0 Å². The maximum absolute atomic E-state index is 12.2. The van der Waals surface area contributed by atoms with E-state index in [1.165, 1.54) is 16.4 Å². The molecular weight excluding hydrogens is 396 g/mol. The molecule has 1 aromatic heterocycles. The van der Waals surface area contributed by atoms with Gasteiger partial charge in [-0.25, -0.2) is 4.68 Å². The highest BCUT2D eigenvalue weighted by atomic mass is 32.2. The van der Waals surface area contributed by atoms with Crippen molar-refractivity contribution in [2.24, 2.45) is 0 Å². The van der Waals surface area contributed by atoms with Crippen LogP contribution in [0.5, 0.6) is 0 Å². The highest BCUT2D eigenvalue weighted by molar-refractivity contribution is 7.99. The number of nitriles is 1. The monoisotopic (exact) mass is 414 g/mol. The van der Waals surface area contributed by atoms with Gasteiger partial charge in [-0.2, -0.15) is 5.26 Å². The number of amides is 1. The van der Waals surface area contributed by atoms with Gasteiger partial charge in [0.25, 0.3) is 0 Å². The number of rotatable bonds is 6. The van der Waals surface area contributed by atoms with E-state index in [1.54, 1.807) is 24.3 Å². The van der Waals surface area contributed by atoms with Gasteiger partial charge in [-0.1, -0.05) is 60.3 Å². The Morgan fingerprint density at radius 2 is 1.90 bits per heavy atom. The number of nitrogens with one attached hydrogen (secondary N) is 1. The Hall–Kier alpha value is -3.83. The van der Waals surface area contributed by atoms with Crippen LogP contribution in [0.3, 0.4) is 0 Å². The molecule has 1 amide bonds. The van der Waals surface area contributed by atoms with Crippen LogP contribution in [0.25, 0.3) is 10.8 Å². The molecule has 8 heteroatoms. The van der Waals surface area contributed by atoms with Gasteiger partial charge in [-0.15, -0.1) is 10.2 Å². The molecule has 4 aromatic rings. The van der Waals surface area contributed by atoms with Gasteiger partial charge in [0.1, 0.15) is 0 Å². The third-order valence-electron chi connectivity index (χ3n) is 4.57. The highest BCUT2D eigenvalue weighted by Gasteiger charge is 2.14. The maximum Gasteiger partial charge on any atom is 0.234 e. The summed E-state index contributed by atoms with van der Waals surface area (Å²) in [5, 5.41) is 22.8. The van der Waals surface area contributed by atoms with Crippen molar-refractivity contribution in [3.63, 3.8) is 0 Å². The molecule has 0 aliphatic heterocycles. The van der Waals surface area contributed by atoms with Crippen LogP contribution in [0.1, 0.15) is 17.0 Å². The van der Waals surface area contributed by atoms with E-state index in [2.05, 4.69) is 33.7 Å². The van der Waals surface area contributed by atoms with Gasteiger partial charge in [0.05, 0.1) is 17.4 Å². The second kappa shape index (κ2) is 8.68. The van der Waals surface area contributed by atoms with Crippen LogP contribution < -0.4 is 11.2 Å². The van der Waals surface area contributed by atoms with Crippen molar-refractivity contribution in [1.29, 1.82) is 5.26 Å². The number of nitrogen functional groups attached to an aromatic ring is 1. The molecule has 0 saturated carbocycles. The lowest BCUT2D eigenvalue weighted by atomic mass is 10.0. The second-order valence-electron chi connectivity index (χ2n) is 6.61. The number of benzene rings is 3. The topological polar surface area (TPSA) is 110 Å². The molecule has 3 N–H and O–H groups in total. The Balaban J connectivity index is 1.42. The summed E-state index contributed by atoms with van der Waals surface area (Å²) in [7, 11) is 0. The number of carbonyl (C=O) groups excluding carboxylic acids is 1. The van der Waals surface area contributed by atoms with E-state index >= 15 is 0 Å². The molecule has 3 aromatic carbocycles. The minimum atomic E-state index is -0.214. The number of anilines is 1. The summed E-state index contributed by atoms with van der Waals surface area (Å²) in [4.78, 5) is 12.2. The first kappa shape index (κ1) is 19.5. The Labute approximate surface area is 177 Å². The molecule has 0 radical (unpaired) electrons. The number of fused-ring (bicyclic) bond motifs is 1. The molecule has 0 unspecified atom stereocenters. The van der Waals surface area contributed by atoms with Gasteiger partial charge in [0.2, 0.25) is 11.1 Å². The molecule has 0 aliphatic rings. The van der Waals surface area contributed by atoms with Crippen LogP contribution in [-0.4, -0.2) is 26.5 Å². The fraction of sp³-hybridized carbons (Fsp3) is 0.0909. The van der Waals surface area contributed by atoms with Gasteiger partial charge in [-0.05, 0) is 34.5 Å². The van der Waals surface area contributed by atoms with Gasteiger partial charge in [0, 0.05) is 12.1 Å². The fourth-order valence-corrected chi connectivity index (χ4v) is 3.81. The highest BCUT2D eigenvalue weighted by Crippen LogP contribution is 2.22. The molecule has 4 rings (SSSR count). The Kier molecular flexibility index (Phi) is 5.63. The van der Waals surface area contributed by atoms with Crippen LogP contribution >= 0.6 is 11.8 Å². The summed E-state index contributed by atoms with van der Waals surface area (Å²) in [6, 6.07) is 23.1. The lowest BCUT2D eigenvalue weighted by Crippen LogP contribution is -2.17. The van der Waals surface area contributed by atoms with Crippen molar-refractivity contribution in [2.75, 3.05) is 16.9 Å². The molecule has 7 nitrogen and oxygen atoms in total. The van der Waals surface area contributed by atoms with E-state index in [4.69, 9.17) is 11.1 Å². The Bertz CT molecular complexity index is 1250. The molecule has 0 atom stereocenters. The van der Waals surface area contributed by atoms with Crippen LogP contribution in [0.15, 0.2) is 71.9 Å². The van der Waals surface area contributed by atoms with Crippen LogP contribution in [0.4, 0.5) is 5.69 Å². The molecule has 30 heavy (non-hydrogen) atoms. The second-order valence-corrected chi connectivity index (χ2v) is 7.56. The summed E-state index contributed by atoms with van der Waals surface area (Å²) in [6.07, 6.45) is 0.540. The molecule has 0 aliphatic carbocycles. The number of thioether (sulfide) groups is 1. The molecule has 148 valence electrons. The van der Waals surface area contributed by atoms with Crippen LogP contribution in [0, 0.1) is 11.3 Å². The summed E-state index contributed by atoms with van der Waals surface area (Å²) in [6.45, 7) is 0. The third kappa shape index (κ3) is 4.26. The third-order valence-corrected chi connectivity index (χ3v) is 5.51. The number of aromatic nitrogens is 3. The molecule has 0 saturated heterocycles. The van der Waals surface area contributed by atoms with Gasteiger partial charge in [-0.3, -0.25) is 4.79 Å². The van der Waals surface area contributed by atoms with Gasteiger partial charge in [0.15, 0.2) is 5.82 Å². The van der Waals surface area contributed by atoms with E-state index in [9.17, 15) is 4.79 Å². The standard InChI is InChI=1S/C22H18N6OS/c23-13-15-5-3-9-18(11-15)25-21(29)14-30-22-27-26-20(28(22)24)12-17-8-4-7-16-6-1-2-10-19(16)17/h1-11H,12,14,24H2,(H,25,29). The molecule has 1 heterocycles. The maximum atomic E-state index is 12.2. The number of nitrogens with two attached hydrogens (primary N) is 1. The van der Waals surface area contributed by atoms with Crippen molar-refractivity contribution in [1.82, 2.24) is 14.9 Å². The average Bonchev–Trinajstić information content (AvgIpc) is 3.12. The van der Waals surface area contributed by atoms with Crippen molar-refractivity contribution >= 4 is 34.1 Å². The summed E-state index contributed by atoms with van der Waals surface area (Å²) in [5.74, 6) is 6.71. The van der Waals surface area contributed by atoms with E-state index < -0.39 is 0 Å². The minimum Gasteiger partial charge on any atom is -0.336 e. The van der Waals surface area contributed by atoms with Crippen molar-refractivity contribution in [2.45, 2.75) is 11.6 Å². The Morgan fingerprint density at radius 3 is 2.77 bits per heavy atom. The predicted octanol–water partition coefficient (Wildman–Crippen LogP) is 3.34. The lowest BCUT2D eigenvalue weighted by molar-refractivity contribution is -0.113. The summed E-state index contributed by atoms with van der Waals surface area (Å²) < 4.78 is 1.43. The van der Waals surface area contributed by atoms with E-state index in [1.807, 2.05) is 30.3 Å². The fourth-order valence-electron chi connectivity index (χ4n) is 3.14. The van der Waals surface area contributed by atoms with Crippen molar-refractivity contribution < 1.29 is 4.79 Å². The van der Waals surface area contributed by atoms with E-state index in [-0.39, 0.29) is 11.7 Å². The first-order chi connectivity index (χ1) is 14.6. The quantitative estimate of drug-likeness (QED) is 0.370. The summed E-state index contributed by atoms with van der Waals surface area (Å²) >= 11 is 1.21. The predicted molar refractivity (Wildman–Crippen MR) is 117 cm³/mol. The smallest absolute Gasteiger partial charge is 0.234 e. The number of carbonyl (C=O) groups is 1. The zero-order chi connectivity index (χ0) is 20.9. The Morgan fingerprint density at radius 1 is 1.10 bits per heavy atom. The van der Waals surface area contributed by atoms with E-state index in [0.29, 0.717) is 28.7 Å². The first-order valence-electron chi connectivity index (χ1n) is 9.23. The average molecular weight is 414 g/mol. The van der Waals surface area contributed by atoms with E-state index in [0.717, 1.165) is 16.3 Å². The zero-order valence-electron chi connectivity index (χ0n) is 15.9. The van der Waals surface area contributed by atoms with Crippen molar-refractivity contribution in [3.8, 4) is 6.07 Å². The minimum absolute atomic E-state index is 0.125. The zero-order valence-corrected chi connectivity index (χ0v) is 16.8. The molecular formula is C22H18N6OS. The summed E-state index contributed by atoms with van der Waals surface area (Å²) in [5.41, 5.74) is 2.17. The number of hydrogen-bond donors (Lipinski definition) is 2. The van der Waals surface area contributed by atoms with Crippen molar-refractivity contribution in [3.05, 3.63) is 83.7 Å². The molecule has 0 spiro atoms. The first-order valence-corrected chi connectivity index (χ1v) is 10.2. The largest absolute Gasteiger partial charge is 0.336 e. The molecule has 0 bridgehead atoms. The number of nitrogens with zero attached hydrogens (tertiary/aromatic N) is 4. The lowest BCUT2D eigenvalue weighted by Gasteiger charge is -2.07. The van der Waals surface area contributed by atoms with Crippen LogP contribution in [-0.2, 0) is 11.2 Å². The van der Waals surface area contributed by atoms with Gasteiger partial charge >= 0.3 is 0 Å². The normalized spacial score (nSPS) is 10.6.